The molecule has 0 saturated heterocycles. The van der Waals surface area contributed by atoms with E-state index in [9.17, 15) is 18.0 Å². The molecule has 16 heavy (non-hydrogen) atoms. The molecule has 0 unspecified atom stereocenters. The fourth-order valence-corrected chi connectivity index (χ4v) is 0.884. The zero-order chi connectivity index (χ0) is 12.1. The van der Waals surface area contributed by atoms with Crippen molar-refractivity contribution < 1.29 is 27.4 Å². The first-order valence-electron chi connectivity index (χ1n) is 4.16. The summed E-state index contributed by atoms with van der Waals surface area (Å²) in [6.45, 7) is 1.21. The predicted octanol–water partition coefficient (Wildman–Crippen LogP) is 3.03. The van der Waals surface area contributed by atoms with Crippen LogP contribution in [-0.2, 0) is 4.79 Å². The molecule has 86 valence electrons. The monoisotopic (exact) mass is 232 g/mol. The first kappa shape index (κ1) is 12.1. The normalized spacial score (nSPS) is 9.50. The zero-order valence-corrected chi connectivity index (χ0v) is 8.17. The molecule has 0 bridgehead atoms. The number of hydrogen-bond donors (Lipinski definition) is 0. The molecule has 0 N–H and O–H groups in total. The molecule has 1 rings (SSSR count). The molecule has 0 atom stereocenters. The summed E-state index contributed by atoms with van der Waals surface area (Å²) < 4.78 is 44.5. The molecule has 0 saturated carbocycles. The van der Waals surface area contributed by atoms with Crippen molar-refractivity contribution in [1.82, 2.24) is 0 Å². The van der Waals surface area contributed by atoms with E-state index >= 15 is 0 Å². The van der Waals surface area contributed by atoms with Crippen LogP contribution in [0.2, 0.25) is 0 Å². The van der Waals surface area contributed by atoms with Crippen molar-refractivity contribution in [3.63, 3.8) is 0 Å². The molecule has 0 aromatic heterocycles. The van der Waals surface area contributed by atoms with Crippen molar-refractivity contribution in [2.75, 3.05) is 0 Å². The Hall–Kier alpha value is -1.98. The number of rotatable bonds is 3. The number of esters is 1. The third-order valence-electron chi connectivity index (χ3n) is 1.44. The quantitative estimate of drug-likeness (QED) is 0.456. The van der Waals surface area contributed by atoms with Gasteiger partial charge in [0.15, 0.2) is 0 Å². The molecule has 1 aromatic rings. The van der Waals surface area contributed by atoms with Crippen LogP contribution >= 0.6 is 0 Å². The van der Waals surface area contributed by atoms with Crippen LogP contribution in [0.15, 0.2) is 36.4 Å². The van der Waals surface area contributed by atoms with Gasteiger partial charge in [-0.3, -0.25) is 4.79 Å². The summed E-state index contributed by atoms with van der Waals surface area (Å²) in [5.74, 6) is -0.430. The van der Waals surface area contributed by atoms with Crippen LogP contribution < -0.4 is 9.47 Å². The molecule has 0 aliphatic heterocycles. The lowest BCUT2D eigenvalue weighted by atomic mass is 10.3. The Balaban J connectivity index is 2.72. The predicted molar refractivity (Wildman–Crippen MR) is 48.7 cm³/mol. The zero-order valence-electron chi connectivity index (χ0n) is 8.17. The van der Waals surface area contributed by atoms with Gasteiger partial charge in [0.2, 0.25) is 0 Å². The average molecular weight is 232 g/mol. The van der Waals surface area contributed by atoms with E-state index in [-0.39, 0.29) is 11.5 Å². The van der Waals surface area contributed by atoms with Crippen LogP contribution in [0.4, 0.5) is 13.2 Å². The highest BCUT2D eigenvalue weighted by Crippen LogP contribution is 2.21. The van der Waals surface area contributed by atoms with Crippen LogP contribution in [0, 0.1) is 0 Å². The summed E-state index contributed by atoms with van der Waals surface area (Å²) in [4.78, 5) is 10.5. The van der Waals surface area contributed by atoms with Crippen molar-refractivity contribution in [3.8, 4) is 11.5 Å². The Morgan fingerprint density at radius 2 is 1.44 bits per heavy atom. The molecule has 0 aliphatic carbocycles. The third-order valence-corrected chi connectivity index (χ3v) is 1.44. The Labute approximate surface area is 89.1 Å². The van der Waals surface area contributed by atoms with E-state index in [0.717, 1.165) is 0 Å². The maximum atomic E-state index is 12.3. The van der Waals surface area contributed by atoms with Gasteiger partial charge in [-0.2, -0.15) is 13.2 Å². The molecule has 0 amide bonds. The van der Waals surface area contributed by atoms with E-state index in [2.05, 4.69) is 9.47 Å². The van der Waals surface area contributed by atoms with E-state index in [0.29, 0.717) is 0 Å². The molecule has 1 aromatic carbocycles. The summed E-state index contributed by atoms with van der Waals surface area (Å²) in [5.41, 5.74) is 0. The first-order chi connectivity index (χ1) is 7.49. The minimum atomic E-state index is -2.54. The smallest absolute Gasteiger partial charge is 0.344 e. The van der Waals surface area contributed by atoms with Gasteiger partial charge in [-0.15, -0.1) is 0 Å². The summed E-state index contributed by atoms with van der Waals surface area (Å²) >= 11 is 0. The van der Waals surface area contributed by atoms with Crippen molar-refractivity contribution >= 4 is 5.97 Å². The second-order valence-electron chi connectivity index (χ2n) is 2.70. The molecular weight excluding hydrogens is 225 g/mol. The summed E-state index contributed by atoms with van der Waals surface area (Å²) in [7, 11) is 0. The van der Waals surface area contributed by atoms with Gasteiger partial charge in [0.05, 0.1) is 0 Å². The van der Waals surface area contributed by atoms with Gasteiger partial charge in [-0.05, 0) is 24.3 Å². The average Bonchev–Trinajstić information content (AvgIpc) is 2.20. The van der Waals surface area contributed by atoms with E-state index < -0.39 is 18.1 Å². The lowest BCUT2D eigenvalue weighted by Gasteiger charge is -2.03. The number of carbonyl (C=O) groups is 1. The number of ether oxygens (including phenoxy) is 2. The SMILES string of the molecule is CC(=O)Oc1ccc(OC(F)=C(F)F)cc1. The van der Waals surface area contributed by atoms with Gasteiger partial charge in [0, 0.05) is 6.92 Å². The lowest BCUT2D eigenvalue weighted by Crippen LogP contribution is -2.01. The first-order valence-corrected chi connectivity index (χ1v) is 4.16. The largest absolute Gasteiger partial charge is 0.428 e. The Morgan fingerprint density at radius 1 is 1.00 bits per heavy atom. The molecule has 6 heteroatoms. The van der Waals surface area contributed by atoms with Gasteiger partial charge in [0.25, 0.3) is 0 Å². The van der Waals surface area contributed by atoms with Crippen LogP contribution in [0.1, 0.15) is 6.92 Å². The molecule has 3 nitrogen and oxygen atoms in total. The van der Waals surface area contributed by atoms with E-state index in [4.69, 9.17) is 0 Å². The van der Waals surface area contributed by atoms with Crippen LogP contribution in [0.25, 0.3) is 0 Å². The van der Waals surface area contributed by atoms with Gasteiger partial charge < -0.3 is 9.47 Å². The highest BCUT2D eigenvalue weighted by atomic mass is 19.3. The number of halogens is 3. The maximum absolute atomic E-state index is 12.3. The Bertz CT molecular complexity index is 408. The van der Waals surface area contributed by atoms with Crippen LogP contribution in [-0.4, -0.2) is 5.97 Å². The van der Waals surface area contributed by atoms with E-state index in [1.54, 1.807) is 0 Å². The maximum Gasteiger partial charge on any atom is 0.344 e. The van der Waals surface area contributed by atoms with Crippen molar-refractivity contribution in [2.45, 2.75) is 6.92 Å². The molecule has 0 spiro atoms. The summed E-state index contributed by atoms with van der Waals surface area (Å²) in [6.07, 6.45) is -2.54. The molecular formula is C10H7F3O3. The number of hydrogen-bond acceptors (Lipinski definition) is 3. The minimum absolute atomic E-state index is 0.124. The molecule has 0 radical (unpaired) electrons. The lowest BCUT2D eigenvalue weighted by molar-refractivity contribution is -0.131. The van der Waals surface area contributed by atoms with E-state index in [1.807, 2.05) is 0 Å². The van der Waals surface area contributed by atoms with Crippen molar-refractivity contribution in [2.24, 2.45) is 0 Å². The van der Waals surface area contributed by atoms with Gasteiger partial charge >= 0.3 is 18.1 Å². The second-order valence-corrected chi connectivity index (χ2v) is 2.70. The second kappa shape index (κ2) is 5.20. The van der Waals surface area contributed by atoms with E-state index in [1.165, 1.54) is 31.2 Å². The highest BCUT2D eigenvalue weighted by Gasteiger charge is 2.07. The van der Waals surface area contributed by atoms with Gasteiger partial charge in [-0.25, -0.2) is 0 Å². The standard InChI is InChI=1S/C10H7F3O3/c1-6(14)15-7-2-4-8(5-3-7)16-10(13)9(11)12/h2-5H,1H3. The molecule has 0 fully saturated rings. The summed E-state index contributed by atoms with van der Waals surface area (Å²) in [6, 6.07) is 3.02. The summed E-state index contributed by atoms with van der Waals surface area (Å²) in [5, 5.41) is 0. The van der Waals surface area contributed by atoms with Crippen molar-refractivity contribution in [3.05, 3.63) is 36.4 Å². The van der Waals surface area contributed by atoms with Crippen LogP contribution in [0.3, 0.4) is 0 Å². The Kier molecular flexibility index (Phi) is 3.93. The van der Waals surface area contributed by atoms with Gasteiger partial charge in [-0.1, -0.05) is 0 Å². The topological polar surface area (TPSA) is 35.5 Å². The fourth-order valence-electron chi connectivity index (χ4n) is 0.884. The highest BCUT2D eigenvalue weighted by molar-refractivity contribution is 5.69. The number of carbonyl (C=O) groups excluding carboxylic acids is 1. The minimum Gasteiger partial charge on any atom is -0.428 e. The molecule has 0 heterocycles. The third kappa shape index (κ3) is 3.64. The van der Waals surface area contributed by atoms with Gasteiger partial charge in [0.1, 0.15) is 11.5 Å². The van der Waals surface area contributed by atoms with Crippen molar-refractivity contribution in [1.29, 1.82) is 0 Å². The Morgan fingerprint density at radius 3 is 1.81 bits per heavy atom. The number of benzene rings is 1. The molecule has 0 aliphatic rings. The fraction of sp³-hybridized carbons (Fsp3) is 0.100. The van der Waals surface area contributed by atoms with Crippen LogP contribution in [0.5, 0.6) is 11.5 Å².